The molecule has 0 aliphatic carbocycles. The predicted molar refractivity (Wildman–Crippen MR) is 70.3 cm³/mol. The number of hydrogen-bond acceptors (Lipinski definition) is 2. The van der Waals surface area contributed by atoms with Gasteiger partial charge in [-0.15, -0.1) is 0 Å². The number of nitrogens with two attached hydrogens (primary N) is 1. The minimum Gasteiger partial charge on any atom is -0.324 e. The first-order valence-corrected chi connectivity index (χ1v) is 6.21. The Balaban J connectivity index is 2.14. The maximum atomic E-state index is 6.11. The number of rotatable bonds is 7. The first-order valence-electron chi connectivity index (χ1n) is 6.21. The molecule has 1 aromatic carbocycles. The van der Waals surface area contributed by atoms with Crippen LogP contribution in [-0.2, 0) is 0 Å². The summed E-state index contributed by atoms with van der Waals surface area (Å²) >= 11 is 0. The third-order valence-corrected chi connectivity index (χ3v) is 2.65. The highest BCUT2D eigenvalue weighted by Gasteiger charge is 2.04. The Morgan fingerprint density at radius 3 is 2.50 bits per heavy atom. The van der Waals surface area contributed by atoms with Crippen LogP contribution in [-0.4, -0.2) is 13.1 Å². The van der Waals surface area contributed by atoms with Crippen LogP contribution in [0.2, 0.25) is 0 Å². The molecule has 3 N–H and O–H groups in total. The second-order valence-corrected chi connectivity index (χ2v) is 4.76. The summed E-state index contributed by atoms with van der Waals surface area (Å²) in [5, 5.41) is 3.44. The number of benzene rings is 1. The van der Waals surface area contributed by atoms with Crippen LogP contribution in [0.3, 0.4) is 0 Å². The molecule has 0 aliphatic heterocycles. The van der Waals surface area contributed by atoms with Crippen LogP contribution in [0.1, 0.15) is 38.3 Å². The van der Waals surface area contributed by atoms with Gasteiger partial charge >= 0.3 is 0 Å². The minimum atomic E-state index is 0.182. The summed E-state index contributed by atoms with van der Waals surface area (Å²) in [6.07, 6.45) is 2.19. The van der Waals surface area contributed by atoms with Gasteiger partial charge in [-0.3, -0.25) is 0 Å². The van der Waals surface area contributed by atoms with Crippen molar-refractivity contribution in [3.8, 4) is 0 Å². The van der Waals surface area contributed by atoms with Crippen molar-refractivity contribution in [2.24, 2.45) is 11.7 Å². The Morgan fingerprint density at radius 2 is 1.88 bits per heavy atom. The lowest BCUT2D eigenvalue weighted by atomic mass is 10.0. The molecule has 0 fully saturated rings. The van der Waals surface area contributed by atoms with Crippen molar-refractivity contribution < 1.29 is 0 Å². The van der Waals surface area contributed by atoms with Gasteiger partial charge in [0.2, 0.25) is 0 Å². The van der Waals surface area contributed by atoms with Crippen LogP contribution < -0.4 is 11.1 Å². The average Bonchev–Trinajstić information content (AvgIpc) is 2.29. The Bertz CT molecular complexity index is 269. The van der Waals surface area contributed by atoms with E-state index >= 15 is 0 Å². The van der Waals surface area contributed by atoms with E-state index in [1.165, 1.54) is 5.56 Å². The van der Waals surface area contributed by atoms with Crippen LogP contribution in [0.15, 0.2) is 30.3 Å². The van der Waals surface area contributed by atoms with E-state index in [9.17, 15) is 0 Å². The SMILES string of the molecule is CC(C)CNCCC[C@H](N)c1ccccc1. The van der Waals surface area contributed by atoms with Crippen LogP contribution in [0.5, 0.6) is 0 Å². The van der Waals surface area contributed by atoms with Gasteiger partial charge in [0.15, 0.2) is 0 Å². The fraction of sp³-hybridized carbons (Fsp3) is 0.571. The Labute approximate surface area is 99.2 Å². The van der Waals surface area contributed by atoms with E-state index < -0.39 is 0 Å². The molecule has 90 valence electrons. The zero-order valence-corrected chi connectivity index (χ0v) is 10.4. The van der Waals surface area contributed by atoms with E-state index in [4.69, 9.17) is 5.73 Å². The second-order valence-electron chi connectivity index (χ2n) is 4.76. The van der Waals surface area contributed by atoms with Gasteiger partial charge in [-0.05, 0) is 37.4 Å². The van der Waals surface area contributed by atoms with Crippen molar-refractivity contribution in [2.75, 3.05) is 13.1 Å². The van der Waals surface area contributed by atoms with E-state index in [2.05, 4.69) is 31.3 Å². The molecule has 2 nitrogen and oxygen atoms in total. The maximum absolute atomic E-state index is 6.11. The lowest BCUT2D eigenvalue weighted by Gasteiger charge is -2.12. The quantitative estimate of drug-likeness (QED) is 0.693. The van der Waals surface area contributed by atoms with Crippen molar-refractivity contribution in [1.29, 1.82) is 0 Å². The van der Waals surface area contributed by atoms with E-state index in [0.29, 0.717) is 0 Å². The van der Waals surface area contributed by atoms with E-state index in [1.54, 1.807) is 0 Å². The van der Waals surface area contributed by atoms with Crippen molar-refractivity contribution in [1.82, 2.24) is 5.32 Å². The zero-order chi connectivity index (χ0) is 11.8. The molecule has 0 aromatic heterocycles. The average molecular weight is 220 g/mol. The number of hydrogen-bond donors (Lipinski definition) is 2. The summed E-state index contributed by atoms with van der Waals surface area (Å²) in [5.74, 6) is 0.725. The summed E-state index contributed by atoms with van der Waals surface area (Å²) in [4.78, 5) is 0. The van der Waals surface area contributed by atoms with Gasteiger partial charge in [0.1, 0.15) is 0 Å². The standard InChI is InChI=1S/C14H24N2/c1-12(2)11-16-10-6-9-14(15)13-7-4-3-5-8-13/h3-5,7-8,12,14,16H,6,9-11,15H2,1-2H3/t14-/m0/s1. The van der Waals surface area contributed by atoms with Crippen LogP contribution in [0, 0.1) is 5.92 Å². The molecule has 0 bridgehead atoms. The van der Waals surface area contributed by atoms with E-state index in [-0.39, 0.29) is 6.04 Å². The first kappa shape index (κ1) is 13.2. The maximum Gasteiger partial charge on any atom is 0.0295 e. The molecule has 0 aliphatic rings. The fourth-order valence-corrected chi connectivity index (χ4v) is 1.70. The molecule has 1 atom stereocenters. The Kier molecular flexibility index (Phi) is 6.12. The van der Waals surface area contributed by atoms with Crippen LogP contribution >= 0.6 is 0 Å². The summed E-state index contributed by atoms with van der Waals surface area (Å²) in [6.45, 7) is 6.62. The molecule has 2 heteroatoms. The first-order chi connectivity index (χ1) is 7.70. The van der Waals surface area contributed by atoms with Crippen molar-refractivity contribution >= 4 is 0 Å². The largest absolute Gasteiger partial charge is 0.324 e. The number of nitrogens with one attached hydrogen (secondary N) is 1. The molecule has 1 rings (SSSR count). The lowest BCUT2D eigenvalue weighted by molar-refractivity contribution is 0.517. The molecule has 16 heavy (non-hydrogen) atoms. The lowest BCUT2D eigenvalue weighted by Crippen LogP contribution is -2.22. The topological polar surface area (TPSA) is 38.0 Å². The molecular weight excluding hydrogens is 196 g/mol. The van der Waals surface area contributed by atoms with Gasteiger partial charge in [0.05, 0.1) is 0 Å². The van der Waals surface area contributed by atoms with Gasteiger partial charge in [0.25, 0.3) is 0 Å². The third kappa shape index (κ3) is 5.29. The molecule has 0 heterocycles. The molecule has 0 unspecified atom stereocenters. The summed E-state index contributed by atoms with van der Waals surface area (Å²) < 4.78 is 0. The third-order valence-electron chi connectivity index (χ3n) is 2.65. The molecule has 0 radical (unpaired) electrons. The second kappa shape index (κ2) is 7.42. The van der Waals surface area contributed by atoms with Gasteiger partial charge in [-0.1, -0.05) is 44.2 Å². The highest BCUT2D eigenvalue weighted by atomic mass is 14.8. The van der Waals surface area contributed by atoms with Crippen LogP contribution in [0.25, 0.3) is 0 Å². The zero-order valence-electron chi connectivity index (χ0n) is 10.4. The van der Waals surface area contributed by atoms with Crippen molar-refractivity contribution in [2.45, 2.75) is 32.7 Å². The molecule has 1 aromatic rings. The fourth-order valence-electron chi connectivity index (χ4n) is 1.70. The highest BCUT2D eigenvalue weighted by Crippen LogP contribution is 2.14. The van der Waals surface area contributed by atoms with Gasteiger partial charge < -0.3 is 11.1 Å². The summed E-state index contributed by atoms with van der Waals surface area (Å²) in [6, 6.07) is 10.5. The molecule has 0 amide bonds. The normalized spacial score (nSPS) is 13.0. The van der Waals surface area contributed by atoms with Gasteiger partial charge in [-0.25, -0.2) is 0 Å². The molecule has 0 saturated carbocycles. The van der Waals surface area contributed by atoms with Gasteiger partial charge in [-0.2, -0.15) is 0 Å². The smallest absolute Gasteiger partial charge is 0.0295 e. The molecular formula is C14H24N2. The monoisotopic (exact) mass is 220 g/mol. The van der Waals surface area contributed by atoms with Gasteiger partial charge in [0, 0.05) is 6.04 Å². The molecule has 0 saturated heterocycles. The van der Waals surface area contributed by atoms with E-state index in [1.807, 2.05) is 18.2 Å². The Morgan fingerprint density at radius 1 is 1.19 bits per heavy atom. The highest BCUT2D eigenvalue weighted by molar-refractivity contribution is 5.18. The predicted octanol–water partition coefficient (Wildman–Crippen LogP) is 2.71. The van der Waals surface area contributed by atoms with Crippen LogP contribution in [0.4, 0.5) is 0 Å². The summed E-state index contributed by atoms with van der Waals surface area (Å²) in [7, 11) is 0. The minimum absolute atomic E-state index is 0.182. The molecule has 0 spiro atoms. The van der Waals surface area contributed by atoms with E-state index in [0.717, 1.165) is 31.8 Å². The Hall–Kier alpha value is -0.860. The summed E-state index contributed by atoms with van der Waals surface area (Å²) in [5.41, 5.74) is 7.35. The van der Waals surface area contributed by atoms with Crippen molar-refractivity contribution in [3.63, 3.8) is 0 Å². The van der Waals surface area contributed by atoms with Crippen molar-refractivity contribution in [3.05, 3.63) is 35.9 Å².